The monoisotopic (exact) mass is 256 g/mol. The molecular formula is C14H21FO3. The van der Waals surface area contributed by atoms with Gasteiger partial charge in [0.25, 0.3) is 0 Å². The molecule has 0 heterocycles. The Kier molecular flexibility index (Phi) is 4.71. The minimum absolute atomic E-state index is 0.108. The summed E-state index contributed by atoms with van der Waals surface area (Å²) >= 11 is 0. The van der Waals surface area contributed by atoms with Gasteiger partial charge in [-0.3, -0.25) is 0 Å². The van der Waals surface area contributed by atoms with Crippen molar-refractivity contribution in [1.82, 2.24) is 0 Å². The molecule has 1 aromatic rings. The lowest BCUT2D eigenvalue weighted by Crippen LogP contribution is -2.31. The molecule has 0 spiro atoms. The summed E-state index contributed by atoms with van der Waals surface area (Å²) in [5.74, 6) is -0.159. The zero-order valence-corrected chi connectivity index (χ0v) is 11.3. The lowest BCUT2D eigenvalue weighted by molar-refractivity contribution is 0.0217. The van der Waals surface area contributed by atoms with Gasteiger partial charge in [0.15, 0.2) is 0 Å². The number of ether oxygens (including phenoxy) is 1. The quantitative estimate of drug-likeness (QED) is 0.870. The Balaban J connectivity index is 2.67. The summed E-state index contributed by atoms with van der Waals surface area (Å²) < 4.78 is 18.9. The number of halogens is 1. The molecule has 0 aromatic heterocycles. The van der Waals surface area contributed by atoms with E-state index in [9.17, 15) is 14.6 Å². The first-order valence-electron chi connectivity index (χ1n) is 6.00. The third-order valence-corrected chi connectivity index (χ3v) is 2.83. The third-order valence-electron chi connectivity index (χ3n) is 2.83. The van der Waals surface area contributed by atoms with Crippen LogP contribution in [-0.4, -0.2) is 22.9 Å². The summed E-state index contributed by atoms with van der Waals surface area (Å²) in [5, 5.41) is 19.1. The molecule has 18 heavy (non-hydrogen) atoms. The largest absolute Gasteiger partial charge is 0.491 e. The van der Waals surface area contributed by atoms with Crippen LogP contribution in [0.1, 0.15) is 39.4 Å². The van der Waals surface area contributed by atoms with Gasteiger partial charge >= 0.3 is 0 Å². The van der Waals surface area contributed by atoms with Gasteiger partial charge in [-0.1, -0.05) is 20.8 Å². The van der Waals surface area contributed by atoms with E-state index in [1.165, 1.54) is 19.1 Å². The van der Waals surface area contributed by atoms with Crippen molar-refractivity contribution in [2.24, 2.45) is 5.41 Å². The molecule has 0 bridgehead atoms. The van der Waals surface area contributed by atoms with E-state index in [0.717, 1.165) is 0 Å². The molecular weight excluding hydrogens is 235 g/mol. The Morgan fingerprint density at radius 3 is 2.33 bits per heavy atom. The zero-order valence-electron chi connectivity index (χ0n) is 11.3. The first kappa shape index (κ1) is 14.9. The summed E-state index contributed by atoms with van der Waals surface area (Å²) in [6, 6.07) is 4.29. The van der Waals surface area contributed by atoms with Crippen molar-refractivity contribution >= 4 is 0 Å². The highest BCUT2D eigenvalue weighted by molar-refractivity contribution is 5.30. The highest BCUT2D eigenvalue weighted by Crippen LogP contribution is 2.23. The van der Waals surface area contributed by atoms with Crippen LogP contribution < -0.4 is 4.74 Å². The summed E-state index contributed by atoms with van der Waals surface area (Å²) in [7, 11) is 0. The second kappa shape index (κ2) is 5.67. The van der Waals surface area contributed by atoms with E-state index in [2.05, 4.69) is 0 Å². The molecule has 0 aliphatic carbocycles. The smallest absolute Gasteiger partial charge is 0.132 e. The van der Waals surface area contributed by atoms with Crippen molar-refractivity contribution in [2.75, 3.05) is 6.61 Å². The minimum Gasteiger partial charge on any atom is -0.491 e. The molecule has 3 nitrogen and oxygen atoms in total. The molecule has 0 saturated carbocycles. The highest BCUT2D eigenvalue weighted by Gasteiger charge is 2.22. The fourth-order valence-corrected chi connectivity index (χ4v) is 1.36. The Morgan fingerprint density at radius 2 is 1.89 bits per heavy atom. The number of rotatable bonds is 4. The van der Waals surface area contributed by atoms with Crippen molar-refractivity contribution < 1.29 is 19.3 Å². The molecule has 1 rings (SSSR count). The van der Waals surface area contributed by atoms with Crippen molar-refractivity contribution in [1.29, 1.82) is 0 Å². The van der Waals surface area contributed by atoms with Gasteiger partial charge in [0.2, 0.25) is 0 Å². The normalized spacial score (nSPS) is 15.3. The van der Waals surface area contributed by atoms with Crippen LogP contribution in [-0.2, 0) is 0 Å². The summed E-state index contributed by atoms with van der Waals surface area (Å²) in [6.07, 6.45) is -1.48. The average Bonchev–Trinajstić information content (AvgIpc) is 2.24. The zero-order chi connectivity index (χ0) is 13.9. The number of hydrogen-bond donors (Lipinski definition) is 2. The lowest BCUT2D eigenvalue weighted by atomic mass is 9.90. The Labute approximate surface area is 107 Å². The molecule has 0 saturated heterocycles. The predicted octanol–water partition coefficient (Wildman–Crippen LogP) is 2.66. The molecule has 2 unspecified atom stereocenters. The van der Waals surface area contributed by atoms with E-state index < -0.39 is 18.0 Å². The van der Waals surface area contributed by atoms with Gasteiger partial charge in [0, 0.05) is 11.6 Å². The van der Waals surface area contributed by atoms with Gasteiger partial charge in [-0.15, -0.1) is 0 Å². The number of aliphatic hydroxyl groups is 2. The van der Waals surface area contributed by atoms with E-state index in [4.69, 9.17) is 4.74 Å². The molecule has 0 amide bonds. The van der Waals surface area contributed by atoms with Crippen LogP contribution >= 0.6 is 0 Å². The van der Waals surface area contributed by atoms with Crippen LogP contribution in [0.5, 0.6) is 5.75 Å². The molecule has 2 N–H and O–H groups in total. The van der Waals surface area contributed by atoms with Crippen molar-refractivity contribution in [3.63, 3.8) is 0 Å². The van der Waals surface area contributed by atoms with Gasteiger partial charge in [-0.05, 0) is 24.5 Å². The fourth-order valence-electron chi connectivity index (χ4n) is 1.36. The van der Waals surface area contributed by atoms with E-state index >= 15 is 0 Å². The average molecular weight is 256 g/mol. The Hall–Kier alpha value is -1.13. The van der Waals surface area contributed by atoms with Crippen LogP contribution in [0.2, 0.25) is 0 Å². The van der Waals surface area contributed by atoms with E-state index in [1.807, 2.05) is 20.8 Å². The fraction of sp³-hybridized carbons (Fsp3) is 0.571. The second-order valence-corrected chi connectivity index (χ2v) is 5.55. The summed E-state index contributed by atoms with van der Waals surface area (Å²) in [4.78, 5) is 0. The first-order chi connectivity index (χ1) is 8.21. The standard InChI is InChI=1S/C14H21FO3/c1-9(16)11-6-5-10(7-12(11)15)18-8-13(17)14(2,3)4/h5-7,9,13,16-17H,8H2,1-4H3. The van der Waals surface area contributed by atoms with Gasteiger partial charge in [0.1, 0.15) is 18.2 Å². The van der Waals surface area contributed by atoms with Crippen LogP contribution in [0.15, 0.2) is 18.2 Å². The predicted molar refractivity (Wildman–Crippen MR) is 68.0 cm³/mol. The maximum atomic E-state index is 13.6. The van der Waals surface area contributed by atoms with Crippen LogP contribution in [0, 0.1) is 11.2 Å². The molecule has 0 radical (unpaired) electrons. The maximum Gasteiger partial charge on any atom is 0.132 e. The molecule has 0 aliphatic rings. The van der Waals surface area contributed by atoms with Crippen molar-refractivity contribution in [2.45, 2.75) is 39.9 Å². The number of hydrogen-bond acceptors (Lipinski definition) is 3. The van der Waals surface area contributed by atoms with Gasteiger partial charge < -0.3 is 14.9 Å². The van der Waals surface area contributed by atoms with Gasteiger partial charge in [0.05, 0.1) is 12.2 Å². The summed E-state index contributed by atoms with van der Waals surface area (Å²) in [5.41, 5.74) is -0.0447. The summed E-state index contributed by atoms with van der Waals surface area (Å²) in [6.45, 7) is 7.31. The Bertz CT molecular complexity index is 397. The van der Waals surface area contributed by atoms with Crippen LogP contribution in [0.3, 0.4) is 0 Å². The number of benzene rings is 1. The first-order valence-corrected chi connectivity index (χ1v) is 6.00. The van der Waals surface area contributed by atoms with Gasteiger partial charge in [-0.25, -0.2) is 4.39 Å². The van der Waals surface area contributed by atoms with E-state index in [-0.39, 0.29) is 17.6 Å². The minimum atomic E-state index is -0.848. The molecule has 0 aliphatic heterocycles. The van der Waals surface area contributed by atoms with E-state index in [0.29, 0.717) is 5.75 Å². The third kappa shape index (κ3) is 3.96. The van der Waals surface area contributed by atoms with Crippen molar-refractivity contribution in [3.8, 4) is 5.75 Å². The van der Waals surface area contributed by atoms with Crippen LogP contribution in [0.25, 0.3) is 0 Å². The molecule has 4 heteroatoms. The molecule has 2 atom stereocenters. The molecule has 1 aromatic carbocycles. The molecule has 0 fully saturated rings. The topological polar surface area (TPSA) is 49.7 Å². The second-order valence-electron chi connectivity index (χ2n) is 5.55. The SMILES string of the molecule is CC(O)c1ccc(OCC(O)C(C)(C)C)cc1F. The van der Waals surface area contributed by atoms with Crippen LogP contribution in [0.4, 0.5) is 4.39 Å². The lowest BCUT2D eigenvalue weighted by Gasteiger charge is -2.25. The Morgan fingerprint density at radius 1 is 1.28 bits per heavy atom. The highest BCUT2D eigenvalue weighted by atomic mass is 19.1. The van der Waals surface area contributed by atoms with E-state index in [1.54, 1.807) is 6.07 Å². The molecule has 102 valence electrons. The van der Waals surface area contributed by atoms with Gasteiger partial charge in [-0.2, -0.15) is 0 Å². The van der Waals surface area contributed by atoms with Crippen molar-refractivity contribution in [3.05, 3.63) is 29.6 Å². The maximum absolute atomic E-state index is 13.6. The number of aliphatic hydroxyl groups excluding tert-OH is 2.